The van der Waals surface area contributed by atoms with Gasteiger partial charge in [0, 0.05) is 13.1 Å². The van der Waals surface area contributed by atoms with Crippen molar-refractivity contribution in [3.05, 3.63) is 12.2 Å². The van der Waals surface area contributed by atoms with Gasteiger partial charge < -0.3 is 284 Å². The zero-order valence-corrected chi connectivity index (χ0v) is 69.9. The lowest BCUT2D eigenvalue weighted by Crippen LogP contribution is -3.00. The van der Waals surface area contributed by atoms with E-state index in [0.29, 0.717) is 0 Å². The van der Waals surface area contributed by atoms with Crippen LogP contribution in [0.2, 0.25) is 0 Å². The predicted octanol–water partition coefficient (Wildman–Crippen LogP) is -42.6. The molecule has 6 unspecified atom stereocenters. The van der Waals surface area contributed by atoms with Crippen molar-refractivity contribution in [2.45, 2.75) is 132 Å². The summed E-state index contributed by atoms with van der Waals surface area (Å²) in [5.41, 5.74) is 0. The molecule has 6 atom stereocenters. The number of nitrogens with one attached hydrogen (secondary N) is 16. The highest BCUT2D eigenvalue weighted by Gasteiger charge is 2.36. The zero-order chi connectivity index (χ0) is 55.3. The summed E-state index contributed by atoms with van der Waals surface area (Å²) in [6.45, 7) is 53.4. The second-order valence-corrected chi connectivity index (χ2v) is 21.4. The predicted molar refractivity (Wildman–Crippen MR) is 355 cm³/mol. The van der Waals surface area contributed by atoms with Crippen LogP contribution in [-0.4, -0.2) is 209 Å². The molecule has 0 aromatic carbocycles. The highest BCUT2D eigenvalue weighted by molar-refractivity contribution is 4.90. The minimum absolute atomic E-state index is 0. The van der Waals surface area contributed by atoms with Gasteiger partial charge in [0.2, 0.25) is 0 Å². The van der Waals surface area contributed by atoms with Crippen molar-refractivity contribution in [1.82, 2.24) is 85.1 Å². The van der Waals surface area contributed by atoms with Gasteiger partial charge in [-0.05, 0) is 309 Å². The lowest BCUT2D eigenvalue weighted by Gasteiger charge is -2.37. The molecular weight excluding hydrogens is 1510 g/mol. The second kappa shape index (κ2) is 119. The summed E-state index contributed by atoms with van der Waals surface area (Å²) in [5, 5.41) is 55.1. The van der Waals surface area contributed by atoms with Gasteiger partial charge in [-0.3, -0.25) is 0 Å². The Kier molecular flexibility index (Phi) is 179. The summed E-state index contributed by atoms with van der Waals surface area (Å²) in [6, 6.07) is 0. The molecular formula is C60H152Cl16N16. The summed E-state index contributed by atoms with van der Waals surface area (Å²) in [6.07, 6.45) is 19.9. The first-order valence-electron chi connectivity index (χ1n) is 32.5. The zero-order valence-electron chi connectivity index (χ0n) is 73.8. The van der Waals surface area contributed by atoms with Crippen molar-refractivity contribution in [3.63, 3.8) is 0 Å². The first kappa shape index (κ1) is 139. The van der Waals surface area contributed by atoms with Crippen molar-refractivity contribution in [3.8, 4) is 0 Å². The summed E-state index contributed by atoms with van der Waals surface area (Å²) in [5.74, 6) is 5.55. The van der Waals surface area contributed by atoms with Crippen molar-refractivity contribution >= 4 is 0 Å². The molecule has 0 spiro atoms. The maximum absolute atomic E-state index is 3.62. The molecule has 3 aliphatic rings. The lowest BCUT2D eigenvalue weighted by molar-refractivity contribution is -0.00100. The van der Waals surface area contributed by atoms with Gasteiger partial charge in [0.25, 0.3) is 0 Å². The molecule has 0 amide bonds. The molecule has 32 heteroatoms. The Morgan fingerprint density at radius 1 is 0.207 bits per heavy atom. The molecule has 3 rings (SSSR count). The third-order valence-electron chi connectivity index (χ3n) is 14.5. The second-order valence-electron chi connectivity index (χ2n) is 21.4. The molecule has 16 nitrogen and oxygen atoms in total. The Morgan fingerprint density at radius 2 is 0.348 bits per heavy atom. The fourth-order valence-electron chi connectivity index (χ4n) is 9.18. The minimum atomic E-state index is 0. The van der Waals surface area contributed by atoms with E-state index in [9.17, 15) is 0 Å². The van der Waals surface area contributed by atoms with Crippen LogP contribution in [0.5, 0.6) is 0 Å². The summed E-state index contributed by atoms with van der Waals surface area (Å²) in [7, 11) is 0. The highest BCUT2D eigenvalue weighted by atomic mass is 35.5. The fourth-order valence-corrected chi connectivity index (χ4v) is 9.18. The van der Waals surface area contributed by atoms with E-state index in [1.54, 1.807) is 0 Å². The average molecular weight is 1670 g/mol. The van der Waals surface area contributed by atoms with Crippen LogP contribution in [0.4, 0.5) is 0 Å². The monoisotopic (exact) mass is 1660 g/mol. The highest BCUT2D eigenvalue weighted by Crippen LogP contribution is 2.37. The van der Waals surface area contributed by atoms with Crippen LogP contribution in [0.25, 0.3) is 0 Å². The molecule has 0 saturated heterocycles. The Morgan fingerprint density at radius 3 is 0.500 bits per heavy atom. The number of halogens is 16. The Labute approximate surface area is 691 Å². The summed E-state index contributed by atoms with van der Waals surface area (Å²) >= 11 is 0. The molecule has 584 valence electrons. The van der Waals surface area contributed by atoms with Gasteiger partial charge in [-0.2, -0.15) is 0 Å². The Bertz CT molecular complexity index is 1120. The SMILES string of the molecule is CCNCCCNC/C=C\CNCCCNCC.CCNCCCNCC1CC1CNCCCNCC.CCNCCCNCC1CC1CNCCCNCC.CCNCCCNCC1CCC1CNCCCNCC.[Cl-].[Cl-].[Cl-].[Cl-].[Cl-].[Cl-].[Cl-].[Cl-].[Cl-].[Cl-].[Cl-].[Cl-].[Cl-].[Cl-].[Cl-].[Cl-].[H+].[H+].[H+].[H+].[H+].[H+].[H+].[H+].[H+].[H+].[H+].[H+].[H+].[H+].[H+].[H+]. The number of hydrogen-bond donors (Lipinski definition) is 16. The molecule has 3 saturated carbocycles. The quantitative estimate of drug-likeness (QED) is 0.0203. The molecule has 0 aromatic rings. The molecule has 0 radical (unpaired) electrons. The first-order chi connectivity index (χ1) is 37.6. The van der Waals surface area contributed by atoms with E-state index >= 15 is 0 Å². The number of hydrogen-bond acceptors (Lipinski definition) is 16. The molecule has 0 bridgehead atoms. The van der Waals surface area contributed by atoms with Crippen LogP contribution in [-0.2, 0) is 0 Å². The average Bonchev–Trinajstić information content (AvgIpc) is 1.87. The normalized spacial score (nSPS) is 16.0. The van der Waals surface area contributed by atoms with Gasteiger partial charge in [0.1, 0.15) is 0 Å². The standard InChI is InChI=1S/C16H36N4.2C15H34N4.C14H32N4.16ClH/c1-3-17-9-5-11-19-13-15-7-8-16(15)14-20-12-6-10-18-4-2;2*1-3-16-7-5-9-18-12-14-11-15(14)13-19-10-6-8-17-4-2;1-3-15-11-7-13-17-9-5-6-10-18-14-8-12-16-4-2;;;;;;;;;;;;;;;;/h15-20H,3-14H2,1-2H3;2*14-19H,3-13H2,1-2H3;5-6,15-18H,3-4,7-14H2,1-2H3;16*1H/b;;;6-5-;;;;;;;;;;;;;;;;. The van der Waals surface area contributed by atoms with Gasteiger partial charge in [0.05, 0.1) is 0 Å². The van der Waals surface area contributed by atoms with Gasteiger partial charge in [-0.1, -0.05) is 67.5 Å². The third kappa shape index (κ3) is 105. The van der Waals surface area contributed by atoms with E-state index in [1.807, 2.05) is 0 Å². The van der Waals surface area contributed by atoms with Crippen LogP contribution < -0.4 is 284 Å². The van der Waals surface area contributed by atoms with Gasteiger partial charge >= 0.3 is 22.8 Å². The van der Waals surface area contributed by atoms with E-state index in [0.717, 1.165) is 206 Å². The van der Waals surface area contributed by atoms with E-state index in [1.165, 1.54) is 116 Å². The molecule has 3 aliphatic carbocycles. The van der Waals surface area contributed by atoms with Gasteiger partial charge in [-0.15, -0.1) is 0 Å². The fraction of sp³-hybridized carbons (Fsp3) is 0.967. The smallest absolute Gasteiger partial charge is 1.00 e. The Hall–Kier alpha value is 3.74. The van der Waals surface area contributed by atoms with E-state index in [4.69, 9.17) is 0 Å². The maximum Gasteiger partial charge on any atom is 1.00 e. The molecule has 0 aliphatic heterocycles. The van der Waals surface area contributed by atoms with Crippen molar-refractivity contribution in [2.75, 3.05) is 209 Å². The van der Waals surface area contributed by atoms with Crippen molar-refractivity contribution in [2.24, 2.45) is 35.5 Å². The van der Waals surface area contributed by atoms with Crippen molar-refractivity contribution < 1.29 is 221 Å². The molecule has 16 N–H and O–H groups in total. The molecule has 0 aromatic heterocycles. The maximum atomic E-state index is 3.62. The van der Waals surface area contributed by atoms with Gasteiger partial charge in [-0.25, -0.2) is 0 Å². The summed E-state index contributed by atoms with van der Waals surface area (Å²) in [4.78, 5) is 0. The van der Waals surface area contributed by atoms with Crippen LogP contribution in [0.15, 0.2) is 12.2 Å². The van der Waals surface area contributed by atoms with Crippen LogP contribution in [0, 0.1) is 35.5 Å². The van der Waals surface area contributed by atoms with Crippen LogP contribution in [0.1, 0.15) is 155 Å². The van der Waals surface area contributed by atoms with Crippen LogP contribution in [0.3, 0.4) is 0 Å². The third-order valence-corrected chi connectivity index (χ3v) is 14.5. The summed E-state index contributed by atoms with van der Waals surface area (Å²) < 4.78 is 0. The Balaban J connectivity index is -0.0000000204. The van der Waals surface area contributed by atoms with E-state index in [2.05, 4.69) is 153 Å². The topological polar surface area (TPSA) is 192 Å². The lowest BCUT2D eigenvalue weighted by atomic mass is 9.73. The number of rotatable bonds is 56. The van der Waals surface area contributed by atoms with E-state index < -0.39 is 0 Å². The largest absolute Gasteiger partial charge is 1.00 e. The molecule has 92 heavy (non-hydrogen) atoms. The molecule has 0 heterocycles. The van der Waals surface area contributed by atoms with Crippen LogP contribution >= 0.6 is 0 Å². The van der Waals surface area contributed by atoms with E-state index in [-0.39, 0.29) is 221 Å². The first-order valence-corrected chi connectivity index (χ1v) is 32.5. The van der Waals surface area contributed by atoms with Gasteiger partial charge in [0.15, 0.2) is 0 Å². The van der Waals surface area contributed by atoms with Crippen molar-refractivity contribution in [1.29, 1.82) is 0 Å². The minimum Gasteiger partial charge on any atom is -1.00 e. The molecule has 3 fully saturated rings.